The van der Waals surface area contributed by atoms with Crippen LogP contribution in [0.3, 0.4) is 0 Å². The van der Waals surface area contributed by atoms with E-state index in [1.54, 1.807) is 11.8 Å². The van der Waals surface area contributed by atoms with E-state index in [1.807, 2.05) is 16.8 Å². The molecule has 1 aromatic carbocycles. The molecule has 0 aliphatic rings. The molecule has 0 saturated carbocycles. The normalized spacial score (nSPS) is 12.1. The van der Waals surface area contributed by atoms with Gasteiger partial charge in [-0.1, -0.05) is 17.7 Å². The lowest BCUT2D eigenvalue weighted by Gasteiger charge is -2.10. The third kappa shape index (κ3) is 5.53. The zero-order chi connectivity index (χ0) is 15.1. The number of thioether (sulfide) groups is 1. The molecular weight excluding hydrogens is 302 g/mol. The van der Waals surface area contributed by atoms with Gasteiger partial charge in [0.25, 0.3) is 0 Å². The first kappa shape index (κ1) is 16.1. The lowest BCUT2D eigenvalue weighted by Crippen LogP contribution is -2.28. The van der Waals surface area contributed by atoms with Crippen LogP contribution < -0.4 is 5.32 Å². The molecule has 1 amide bonds. The maximum absolute atomic E-state index is 11.7. The van der Waals surface area contributed by atoms with Crippen LogP contribution in [0.1, 0.15) is 23.7 Å². The molecule has 1 heterocycles. The van der Waals surface area contributed by atoms with E-state index in [9.17, 15) is 9.90 Å². The molecule has 5 heteroatoms. The molecule has 21 heavy (non-hydrogen) atoms. The average molecular weight is 321 g/mol. The molecule has 2 aromatic rings. The third-order valence-electron chi connectivity index (χ3n) is 3.04. The van der Waals surface area contributed by atoms with Crippen LogP contribution in [0.15, 0.2) is 46.0 Å². The molecule has 1 aromatic heterocycles. The van der Waals surface area contributed by atoms with Crippen LogP contribution in [0, 0.1) is 6.92 Å². The quantitative estimate of drug-likeness (QED) is 0.769. The van der Waals surface area contributed by atoms with E-state index in [0.29, 0.717) is 6.42 Å². The van der Waals surface area contributed by atoms with Crippen LogP contribution >= 0.6 is 23.1 Å². The highest BCUT2D eigenvalue weighted by molar-refractivity contribution is 7.99. The molecule has 1 atom stereocenters. The summed E-state index contributed by atoms with van der Waals surface area (Å²) in [7, 11) is 0. The van der Waals surface area contributed by atoms with Gasteiger partial charge in [-0.05, 0) is 41.4 Å². The minimum atomic E-state index is -0.620. The number of carbonyl (C=O) groups is 1. The van der Waals surface area contributed by atoms with Crippen LogP contribution in [-0.4, -0.2) is 23.3 Å². The molecule has 0 aliphatic carbocycles. The SMILES string of the molecule is Cc1ccc(SCCC(=O)NCC(O)c2ccsc2)cc1. The van der Waals surface area contributed by atoms with Gasteiger partial charge in [-0.15, -0.1) is 11.8 Å². The van der Waals surface area contributed by atoms with E-state index >= 15 is 0 Å². The topological polar surface area (TPSA) is 49.3 Å². The molecule has 0 spiro atoms. The van der Waals surface area contributed by atoms with Crippen molar-refractivity contribution in [2.45, 2.75) is 24.3 Å². The second-order valence-corrected chi connectivity index (χ2v) is 6.74. The number of nitrogens with one attached hydrogen (secondary N) is 1. The van der Waals surface area contributed by atoms with Crippen LogP contribution in [0.25, 0.3) is 0 Å². The zero-order valence-electron chi connectivity index (χ0n) is 11.9. The van der Waals surface area contributed by atoms with Crippen LogP contribution in [-0.2, 0) is 4.79 Å². The number of hydrogen-bond acceptors (Lipinski definition) is 4. The van der Waals surface area contributed by atoms with E-state index in [-0.39, 0.29) is 12.5 Å². The number of benzene rings is 1. The van der Waals surface area contributed by atoms with Crippen molar-refractivity contribution in [1.29, 1.82) is 0 Å². The van der Waals surface area contributed by atoms with Crippen molar-refractivity contribution < 1.29 is 9.90 Å². The van der Waals surface area contributed by atoms with Crippen molar-refractivity contribution in [1.82, 2.24) is 5.32 Å². The summed E-state index contributed by atoms with van der Waals surface area (Å²) in [5.41, 5.74) is 2.09. The molecular formula is C16H19NO2S2. The van der Waals surface area contributed by atoms with Gasteiger partial charge in [0.15, 0.2) is 0 Å². The van der Waals surface area contributed by atoms with Crippen molar-refractivity contribution in [3.05, 3.63) is 52.2 Å². The Morgan fingerprint density at radius 1 is 1.33 bits per heavy atom. The Morgan fingerprint density at radius 3 is 2.76 bits per heavy atom. The molecule has 2 rings (SSSR count). The highest BCUT2D eigenvalue weighted by Gasteiger charge is 2.09. The average Bonchev–Trinajstić information content (AvgIpc) is 3.01. The number of aryl methyl sites for hydroxylation is 1. The van der Waals surface area contributed by atoms with Gasteiger partial charge in [-0.3, -0.25) is 4.79 Å². The molecule has 0 bridgehead atoms. The smallest absolute Gasteiger partial charge is 0.220 e. The van der Waals surface area contributed by atoms with Crippen molar-refractivity contribution in [3.8, 4) is 0 Å². The first-order chi connectivity index (χ1) is 10.1. The Balaban J connectivity index is 1.64. The molecule has 0 aliphatic heterocycles. The highest BCUT2D eigenvalue weighted by Crippen LogP contribution is 2.19. The monoisotopic (exact) mass is 321 g/mol. The van der Waals surface area contributed by atoms with Gasteiger partial charge < -0.3 is 10.4 Å². The van der Waals surface area contributed by atoms with Crippen LogP contribution in [0.5, 0.6) is 0 Å². The number of hydrogen-bond donors (Lipinski definition) is 2. The molecule has 0 saturated heterocycles. The Kier molecular flexibility index (Phi) is 6.29. The molecule has 3 nitrogen and oxygen atoms in total. The lowest BCUT2D eigenvalue weighted by molar-refractivity contribution is -0.121. The van der Waals surface area contributed by atoms with Gasteiger partial charge in [0.05, 0.1) is 6.10 Å². The Bertz CT molecular complexity index is 552. The standard InChI is InChI=1S/C16H19NO2S2/c1-12-2-4-14(5-3-12)21-9-7-16(19)17-10-15(18)13-6-8-20-11-13/h2-6,8,11,15,18H,7,9-10H2,1H3,(H,17,19). The van der Waals surface area contributed by atoms with Crippen molar-refractivity contribution in [2.24, 2.45) is 0 Å². The van der Waals surface area contributed by atoms with Gasteiger partial charge >= 0.3 is 0 Å². The van der Waals surface area contributed by atoms with Crippen LogP contribution in [0.2, 0.25) is 0 Å². The van der Waals surface area contributed by atoms with E-state index < -0.39 is 6.10 Å². The minimum absolute atomic E-state index is 0.0242. The fraction of sp³-hybridized carbons (Fsp3) is 0.312. The van der Waals surface area contributed by atoms with Gasteiger partial charge in [0.1, 0.15) is 0 Å². The third-order valence-corrected chi connectivity index (χ3v) is 4.75. The van der Waals surface area contributed by atoms with Gasteiger partial charge in [-0.25, -0.2) is 0 Å². The molecule has 2 N–H and O–H groups in total. The Labute approximate surface area is 133 Å². The summed E-state index contributed by atoms with van der Waals surface area (Å²) in [5.74, 6) is 0.715. The summed E-state index contributed by atoms with van der Waals surface area (Å²) in [6.45, 7) is 2.32. The number of amides is 1. The fourth-order valence-corrected chi connectivity index (χ4v) is 3.34. The van der Waals surface area contributed by atoms with E-state index in [2.05, 4.69) is 36.5 Å². The predicted octanol–water partition coefficient (Wildman–Crippen LogP) is 3.39. The Hall–Kier alpha value is -1.30. The first-order valence-electron chi connectivity index (χ1n) is 6.81. The summed E-state index contributed by atoms with van der Waals surface area (Å²) in [4.78, 5) is 12.9. The number of rotatable bonds is 7. The van der Waals surface area contributed by atoms with Gasteiger partial charge in [-0.2, -0.15) is 11.3 Å². The molecule has 0 radical (unpaired) electrons. The summed E-state index contributed by atoms with van der Waals surface area (Å²) >= 11 is 3.21. The van der Waals surface area contributed by atoms with E-state index in [1.165, 1.54) is 21.8 Å². The van der Waals surface area contributed by atoms with Crippen molar-refractivity contribution >= 4 is 29.0 Å². The van der Waals surface area contributed by atoms with Gasteiger partial charge in [0.2, 0.25) is 5.91 Å². The minimum Gasteiger partial charge on any atom is -0.387 e. The summed E-state index contributed by atoms with van der Waals surface area (Å²) < 4.78 is 0. The second-order valence-electron chi connectivity index (χ2n) is 4.79. The molecule has 112 valence electrons. The maximum Gasteiger partial charge on any atom is 0.220 e. The maximum atomic E-state index is 11.7. The number of carbonyl (C=O) groups excluding carboxylic acids is 1. The lowest BCUT2D eigenvalue weighted by atomic mass is 10.2. The zero-order valence-corrected chi connectivity index (χ0v) is 13.5. The summed E-state index contributed by atoms with van der Waals surface area (Å²) in [6, 6.07) is 10.1. The second kappa shape index (κ2) is 8.22. The van der Waals surface area contributed by atoms with Crippen molar-refractivity contribution in [3.63, 3.8) is 0 Å². The predicted molar refractivity (Wildman–Crippen MR) is 88.8 cm³/mol. The van der Waals surface area contributed by atoms with Crippen LogP contribution in [0.4, 0.5) is 0 Å². The summed E-state index contributed by atoms with van der Waals surface area (Å²) in [5, 5.41) is 16.5. The Morgan fingerprint density at radius 2 is 2.10 bits per heavy atom. The van der Waals surface area contributed by atoms with E-state index in [0.717, 1.165) is 11.3 Å². The van der Waals surface area contributed by atoms with Gasteiger partial charge in [0, 0.05) is 23.6 Å². The van der Waals surface area contributed by atoms with E-state index in [4.69, 9.17) is 0 Å². The molecule has 0 fully saturated rings. The van der Waals surface area contributed by atoms with Crippen molar-refractivity contribution in [2.75, 3.05) is 12.3 Å². The number of aliphatic hydroxyl groups is 1. The number of aliphatic hydroxyl groups excluding tert-OH is 1. The highest BCUT2D eigenvalue weighted by atomic mass is 32.2. The molecule has 1 unspecified atom stereocenters. The number of thiophene rings is 1. The fourth-order valence-electron chi connectivity index (χ4n) is 1.78. The summed E-state index contributed by atoms with van der Waals surface area (Å²) in [6.07, 6.45) is -0.167. The first-order valence-corrected chi connectivity index (χ1v) is 8.74. The largest absolute Gasteiger partial charge is 0.387 e.